The number of sulfonamides is 2. The molecule has 1 heterocycles. The van der Waals surface area contributed by atoms with E-state index in [1.54, 1.807) is 0 Å². The van der Waals surface area contributed by atoms with Crippen molar-refractivity contribution in [3.63, 3.8) is 0 Å². The summed E-state index contributed by atoms with van der Waals surface area (Å²) in [4.78, 5) is -0.00807. The first-order valence-electron chi connectivity index (χ1n) is 8.60. The molecule has 0 amide bonds. The Kier molecular flexibility index (Phi) is 6.98. The lowest BCUT2D eigenvalue weighted by Crippen LogP contribution is -2.39. The molecular weight excluding hydrogens is 362 g/mol. The number of piperidine rings is 1. The number of benzene rings is 1. The van der Waals surface area contributed by atoms with Gasteiger partial charge in [0.25, 0.3) is 0 Å². The van der Waals surface area contributed by atoms with Crippen molar-refractivity contribution in [2.24, 2.45) is 0 Å². The van der Waals surface area contributed by atoms with Gasteiger partial charge in [0.1, 0.15) is 0 Å². The van der Waals surface area contributed by atoms with E-state index in [1.165, 1.54) is 28.6 Å². The summed E-state index contributed by atoms with van der Waals surface area (Å²) in [6.07, 6.45) is 2.69. The molecule has 1 aliphatic heterocycles. The molecule has 0 unspecified atom stereocenters. The Morgan fingerprint density at radius 3 is 2.36 bits per heavy atom. The maximum atomic E-state index is 12.7. The van der Waals surface area contributed by atoms with Gasteiger partial charge >= 0.3 is 0 Å². The first-order valence-corrected chi connectivity index (χ1v) is 11.5. The Morgan fingerprint density at radius 1 is 1.08 bits per heavy atom. The maximum absolute atomic E-state index is 12.7. The van der Waals surface area contributed by atoms with Crippen LogP contribution in [-0.4, -0.2) is 53.4 Å². The molecule has 0 aliphatic carbocycles. The fourth-order valence-electron chi connectivity index (χ4n) is 2.79. The van der Waals surface area contributed by atoms with Crippen LogP contribution < -0.4 is 10.0 Å². The topological polar surface area (TPSA) is 95.6 Å². The number of hydrogen-bond acceptors (Lipinski definition) is 5. The Hall–Kier alpha value is -1.00. The molecule has 1 atom stereocenters. The lowest BCUT2D eigenvalue weighted by molar-refractivity contribution is 0.346. The molecule has 9 heteroatoms. The Morgan fingerprint density at radius 2 is 1.72 bits per heavy atom. The highest BCUT2D eigenvalue weighted by Crippen LogP contribution is 2.22. The summed E-state index contributed by atoms with van der Waals surface area (Å²) in [5, 5.41) is 3.12. The minimum absolute atomic E-state index is 0.0139. The summed E-state index contributed by atoms with van der Waals surface area (Å²) in [6, 6.07) is 5.56. The van der Waals surface area contributed by atoms with Crippen molar-refractivity contribution >= 4 is 20.0 Å². The number of hydrogen-bond donors (Lipinski definition) is 2. The van der Waals surface area contributed by atoms with E-state index in [0.29, 0.717) is 13.1 Å². The summed E-state index contributed by atoms with van der Waals surface area (Å²) in [6.45, 7) is 5.77. The SMILES string of the molecule is CCN[C@H](C)CNS(=O)(=O)c1cccc(S(=O)(=O)N2CCCCC2)c1. The molecule has 0 bridgehead atoms. The summed E-state index contributed by atoms with van der Waals surface area (Å²) < 4.78 is 54.3. The van der Waals surface area contributed by atoms with Gasteiger partial charge in [-0.2, -0.15) is 4.31 Å². The number of rotatable bonds is 8. The minimum atomic E-state index is -3.76. The van der Waals surface area contributed by atoms with Gasteiger partial charge < -0.3 is 5.32 Å². The maximum Gasteiger partial charge on any atom is 0.243 e. The van der Waals surface area contributed by atoms with E-state index in [2.05, 4.69) is 10.0 Å². The van der Waals surface area contributed by atoms with Gasteiger partial charge in [-0.3, -0.25) is 0 Å². The van der Waals surface area contributed by atoms with Crippen LogP contribution in [-0.2, 0) is 20.0 Å². The van der Waals surface area contributed by atoms with Crippen molar-refractivity contribution in [1.82, 2.24) is 14.3 Å². The fourth-order valence-corrected chi connectivity index (χ4v) is 5.61. The smallest absolute Gasteiger partial charge is 0.243 e. The molecule has 7 nitrogen and oxygen atoms in total. The van der Waals surface area contributed by atoms with Crippen molar-refractivity contribution in [3.8, 4) is 0 Å². The molecule has 0 aromatic heterocycles. The first-order chi connectivity index (χ1) is 11.8. The van der Waals surface area contributed by atoms with Crippen molar-refractivity contribution < 1.29 is 16.8 Å². The second-order valence-electron chi connectivity index (χ2n) is 6.25. The van der Waals surface area contributed by atoms with Crippen LogP contribution in [0.15, 0.2) is 34.1 Å². The van der Waals surface area contributed by atoms with Gasteiger partial charge in [0.05, 0.1) is 9.79 Å². The van der Waals surface area contributed by atoms with Crippen LogP contribution in [0.4, 0.5) is 0 Å². The quantitative estimate of drug-likeness (QED) is 0.695. The summed E-state index contributed by atoms with van der Waals surface area (Å²) in [5.41, 5.74) is 0. The lowest BCUT2D eigenvalue weighted by atomic mass is 10.2. The van der Waals surface area contributed by atoms with Gasteiger partial charge in [0.15, 0.2) is 0 Å². The molecule has 1 aromatic carbocycles. The van der Waals surface area contributed by atoms with Crippen LogP contribution in [0, 0.1) is 0 Å². The van der Waals surface area contributed by atoms with Gasteiger partial charge in [-0.15, -0.1) is 0 Å². The van der Waals surface area contributed by atoms with Gasteiger partial charge in [-0.25, -0.2) is 21.6 Å². The Labute approximate surface area is 150 Å². The molecule has 0 radical (unpaired) electrons. The van der Waals surface area contributed by atoms with Crippen molar-refractivity contribution in [3.05, 3.63) is 24.3 Å². The third kappa shape index (κ3) is 5.24. The average Bonchev–Trinajstić information content (AvgIpc) is 2.61. The van der Waals surface area contributed by atoms with Crippen LogP contribution >= 0.6 is 0 Å². The highest BCUT2D eigenvalue weighted by atomic mass is 32.2. The van der Waals surface area contributed by atoms with E-state index < -0.39 is 20.0 Å². The zero-order valence-corrected chi connectivity index (χ0v) is 16.4. The minimum Gasteiger partial charge on any atom is -0.313 e. The molecular formula is C16H27N3O4S2. The van der Waals surface area contributed by atoms with Crippen LogP contribution in [0.2, 0.25) is 0 Å². The summed E-state index contributed by atoms with van der Waals surface area (Å²) in [7, 11) is -7.42. The van der Waals surface area contributed by atoms with Gasteiger partial charge in [0, 0.05) is 25.7 Å². The summed E-state index contributed by atoms with van der Waals surface area (Å²) >= 11 is 0. The molecule has 1 saturated heterocycles. The molecule has 0 saturated carbocycles. The third-order valence-electron chi connectivity index (χ3n) is 4.20. The van der Waals surface area contributed by atoms with Gasteiger partial charge in [0.2, 0.25) is 20.0 Å². The van der Waals surface area contributed by atoms with Crippen LogP contribution in [0.3, 0.4) is 0 Å². The largest absolute Gasteiger partial charge is 0.313 e. The van der Waals surface area contributed by atoms with Crippen LogP contribution in [0.25, 0.3) is 0 Å². The van der Waals surface area contributed by atoms with Gasteiger partial charge in [-0.05, 0) is 44.5 Å². The second kappa shape index (κ2) is 8.59. The highest BCUT2D eigenvalue weighted by Gasteiger charge is 2.27. The monoisotopic (exact) mass is 389 g/mol. The molecule has 2 N–H and O–H groups in total. The normalized spacial score (nSPS) is 18.2. The van der Waals surface area contributed by atoms with E-state index in [1.807, 2.05) is 13.8 Å². The lowest BCUT2D eigenvalue weighted by Gasteiger charge is -2.26. The second-order valence-corrected chi connectivity index (χ2v) is 9.96. The highest BCUT2D eigenvalue weighted by molar-refractivity contribution is 7.90. The zero-order valence-electron chi connectivity index (χ0n) is 14.7. The average molecular weight is 390 g/mol. The fraction of sp³-hybridized carbons (Fsp3) is 0.625. The predicted molar refractivity (Wildman–Crippen MR) is 97.4 cm³/mol. The van der Waals surface area contributed by atoms with Gasteiger partial charge in [-0.1, -0.05) is 19.4 Å². The molecule has 2 rings (SSSR count). The summed E-state index contributed by atoms with van der Waals surface area (Å²) in [5.74, 6) is 0. The number of nitrogens with one attached hydrogen (secondary N) is 2. The zero-order chi connectivity index (χ0) is 18.5. The van der Waals surface area contributed by atoms with Crippen LogP contribution in [0.1, 0.15) is 33.1 Å². The molecule has 142 valence electrons. The molecule has 25 heavy (non-hydrogen) atoms. The molecule has 1 fully saturated rings. The predicted octanol–water partition coefficient (Wildman–Crippen LogP) is 1.14. The molecule has 0 spiro atoms. The van der Waals surface area contributed by atoms with Crippen molar-refractivity contribution in [2.45, 2.75) is 48.9 Å². The molecule has 1 aromatic rings. The number of likely N-dealkylation sites (N-methyl/N-ethyl adjacent to an activating group) is 1. The standard InChI is InChI=1S/C16H27N3O4S2/c1-3-17-14(2)13-18-24(20,21)15-8-7-9-16(12-15)25(22,23)19-10-5-4-6-11-19/h7-9,12,14,17-18H,3-6,10-11,13H2,1-2H3/t14-/m1/s1. The number of nitrogens with zero attached hydrogens (tertiary/aromatic N) is 1. The van der Waals surface area contributed by atoms with E-state index in [0.717, 1.165) is 25.8 Å². The first kappa shape index (κ1) is 20.3. The molecule has 1 aliphatic rings. The third-order valence-corrected chi connectivity index (χ3v) is 7.52. The Balaban J connectivity index is 2.20. The van der Waals surface area contributed by atoms with E-state index in [4.69, 9.17) is 0 Å². The van der Waals surface area contributed by atoms with E-state index in [-0.39, 0.29) is 22.4 Å². The van der Waals surface area contributed by atoms with Crippen LogP contribution in [0.5, 0.6) is 0 Å². The Bertz CT molecular complexity index is 772. The van der Waals surface area contributed by atoms with E-state index >= 15 is 0 Å². The van der Waals surface area contributed by atoms with E-state index in [9.17, 15) is 16.8 Å². The van der Waals surface area contributed by atoms with Crippen molar-refractivity contribution in [2.75, 3.05) is 26.2 Å². The van der Waals surface area contributed by atoms with Crippen molar-refractivity contribution in [1.29, 1.82) is 0 Å².